The van der Waals surface area contributed by atoms with Crippen molar-refractivity contribution in [2.24, 2.45) is 45.3 Å². The first kappa shape index (κ1) is 33.0. The number of benzene rings is 1. The van der Waals surface area contributed by atoms with Gasteiger partial charge in [-0.2, -0.15) is 0 Å². The van der Waals surface area contributed by atoms with E-state index in [0.29, 0.717) is 41.4 Å². The minimum Gasteiger partial charge on any atom is -0.508 e. The number of phenols is 1. The lowest BCUT2D eigenvalue weighted by Gasteiger charge is -2.59. The fourth-order valence-corrected chi connectivity index (χ4v) is 11.2. The zero-order valence-corrected chi connectivity index (χ0v) is 29.4. The van der Waals surface area contributed by atoms with Crippen molar-refractivity contribution in [2.75, 3.05) is 5.32 Å². The summed E-state index contributed by atoms with van der Waals surface area (Å²) in [5.74, 6) is 2.00. The van der Waals surface area contributed by atoms with Gasteiger partial charge in [0, 0.05) is 17.3 Å². The van der Waals surface area contributed by atoms with Crippen LogP contribution in [-0.2, 0) is 16.0 Å². The number of nitrogens with one attached hydrogen (secondary N) is 1. The summed E-state index contributed by atoms with van der Waals surface area (Å²) in [4.78, 5) is 27.2. The predicted octanol–water partition coefficient (Wildman–Crippen LogP) is 10.3. The van der Waals surface area contributed by atoms with Gasteiger partial charge >= 0.3 is 0 Å². The Balaban J connectivity index is 1.23. The average Bonchev–Trinajstić information content (AvgIpc) is 3.00. The molecule has 2 N–H and O–H groups in total. The number of hydrogen-bond donors (Lipinski definition) is 2. The fourth-order valence-electron chi connectivity index (χ4n) is 11.2. The van der Waals surface area contributed by atoms with Crippen molar-refractivity contribution < 1.29 is 14.7 Å². The van der Waals surface area contributed by atoms with Crippen molar-refractivity contribution in [3.8, 4) is 5.75 Å². The van der Waals surface area contributed by atoms with Crippen LogP contribution in [0.15, 0.2) is 65.9 Å². The van der Waals surface area contributed by atoms with Gasteiger partial charge in [-0.3, -0.25) is 9.59 Å². The molecular weight excluding hydrogens is 566 g/mol. The van der Waals surface area contributed by atoms with Crippen LogP contribution in [0.1, 0.15) is 118 Å². The molecule has 0 amide bonds. The van der Waals surface area contributed by atoms with Gasteiger partial charge in [-0.25, -0.2) is 0 Å². The molecular formula is C42H57NO3. The third-order valence-corrected chi connectivity index (χ3v) is 14.8. The summed E-state index contributed by atoms with van der Waals surface area (Å²) in [5, 5.41) is 14.4. The fraction of sp³-hybridized carbons (Fsp3) is 0.619. The maximum atomic E-state index is 14.1. The topological polar surface area (TPSA) is 66.4 Å². The van der Waals surface area contributed by atoms with Gasteiger partial charge in [-0.05, 0) is 152 Å². The number of fused-ring (bicyclic) bond motifs is 2. The monoisotopic (exact) mass is 623 g/mol. The number of allylic oxidation sites excluding steroid dienone is 5. The van der Waals surface area contributed by atoms with Crippen LogP contribution < -0.4 is 5.32 Å². The van der Waals surface area contributed by atoms with E-state index in [1.54, 1.807) is 12.1 Å². The SMILES string of the molecule is C=C1CCCC2[C@]1(C)CC[C@@H](C)[C@]2(C)CC1=CC(=O)C=C(Nc2ccc(O)c(C[C@]3(C)C4CCCC(=C)[C@@]4(C)CC[C@H]3C)c2)C1=O. The first-order valence-electron chi connectivity index (χ1n) is 18.1. The van der Waals surface area contributed by atoms with Crippen molar-refractivity contribution >= 4 is 17.3 Å². The van der Waals surface area contributed by atoms with Crippen LogP contribution in [0, 0.1) is 45.3 Å². The van der Waals surface area contributed by atoms with Gasteiger partial charge in [0.25, 0.3) is 0 Å². The van der Waals surface area contributed by atoms with Gasteiger partial charge in [0.2, 0.25) is 5.78 Å². The van der Waals surface area contributed by atoms with E-state index < -0.39 is 0 Å². The summed E-state index contributed by atoms with van der Waals surface area (Å²) in [6, 6.07) is 5.55. The molecule has 1 aromatic rings. The molecule has 0 aromatic heterocycles. The molecule has 248 valence electrons. The minimum absolute atomic E-state index is 0.0172. The van der Waals surface area contributed by atoms with E-state index in [9.17, 15) is 14.7 Å². The Morgan fingerprint density at radius 2 is 1.35 bits per heavy atom. The van der Waals surface area contributed by atoms with Crippen LogP contribution in [0.25, 0.3) is 0 Å². The van der Waals surface area contributed by atoms with Gasteiger partial charge in [0.1, 0.15) is 5.75 Å². The molecule has 5 aliphatic rings. The Morgan fingerprint density at radius 3 is 1.91 bits per heavy atom. The summed E-state index contributed by atoms with van der Waals surface area (Å²) in [6.07, 6.45) is 15.9. The van der Waals surface area contributed by atoms with Crippen LogP contribution in [0.3, 0.4) is 0 Å². The van der Waals surface area contributed by atoms with Crippen LogP contribution in [0.5, 0.6) is 5.75 Å². The average molecular weight is 624 g/mol. The molecule has 0 heterocycles. The lowest BCUT2D eigenvalue weighted by atomic mass is 9.46. The first-order chi connectivity index (χ1) is 21.6. The number of Topliss-reactive ketones (excluding diaryl/α,β-unsaturated/α-hetero) is 1. The van der Waals surface area contributed by atoms with Crippen LogP contribution in [0.2, 0.25) is 0 Å². The smallest absolute Gasteiger partial charge is 0.205 e. The molecule has 0 radical (unpaired) electrons. The molecule has 4 fully saturated rings. The quantitative estimate of drug-likeness (QED) is 0.188. The van der Waals surface area contributed by atoms with Gasteiger partial charge in [0.05, 0.1) is 5.70 Å². The van der Waals surface area contributed by atoms with E-state index >= 15 is 0 Å². The highest BCUT2D eigenvalue weighted by Gasteiger charge is 2.55. The molecule has 0 bridgehead atoms. The molecule has 6 rings (SSSR count). The summed E-state index contributed by atoms with van der Waals surface area (Å²) >= 11 is 0. The highest BCUT2D eigenvalue weighted by atomic mass is 16.3. The van der Waals surface area contributed by atoms with Crippen molar-refractivity contribution in [1.82, 2.24) is 0 Å². The Hall–Kier alpha value is -2.88. The highest BCUT2D eigenvalue weighted by molar-refractivity contribution is 6.21. The summed E-state index contributed by atoms with van der Waals surface area (Å²) < 4.78 is 0. The van der Waals surface area contributed by atoms with E-state index in [2.05, 4.69) is 60.0 Å². The van der Waals surface area contributed by atoms with E-state index in [1.807, 2.05) is 12.1 Å². The van der Waals surface area contributed by atoms with Crippen LogP contribution >= 0.6 is 0 Å². The van der Waals surface area contributed by atoms with Gasteiger partial charge < -0.3 is 10.4 Å². The Labute approximate surface area is 277 Å². The molecule has 2 unspecified atom stereocenters. The van der Waals surface area contributed by atoms with Crippen molar-refractivity contribution in [3.05, 3.63) is 71.5 Å². The van der Waals surface area contributed by atoms with Gasteiger partial charge in [0.15, 0.2) is 5.78 Å². The maximum absolute atomic E-state index is 14.1. The number of phenolic OH excluding ortho intramolecular Hbond substituents is 1. The van der Waals surface area contributed by atoms with Crippen LogP contribution in [-0.4, -0.2) is 16.7 Å². The largest absolute Gasteiger partial charge is 0.508 e. The standard InChI is InChI=1S/C42H57NO3/c1-26-11-9-13-36-39(26,5)19-17-28(3)41(36,7)24-30-21-32(15-16-35(30)45)43-34-23-33(44)22-31(38(34)46)25-42(8)29(4)18-20-40(6)27(2)12-10-14-37(40)42/h15-16,21-23,28-29,36-37,43,45H,1-2,9-14,17-20,24-25H2,3-8H3/t28-,29-,36?,37?,39-,40-,41+,42+/m1/s1. The summed E-state index contributed by atoms with van der Waals surface area (Å²) in [5.41, 5.74) is 5.50. The van der Waals surface area contributed by atoms with E-state index in [-0.39, 0.29) is 39.0 Å². The summed E-state index contributed by atoms with van der Waals surface area (Å²) in [6.45, 7) is 23.3. The van der Waals surface area contributed by atoms with E-state index in [1.165, 1.54) is 36.5 Å². The van der Waals surface area contributed by atoms with Crippen molar-refractivity contribution in [1.29, 1.82) is 0 Å². The molecule has 5 aliphatic carbocycles. The number of ketones is 2. The second-order valence-electron chi connectivity index (χ2n) is 17.1. The third kappa shape index (κ3) is 5.27. The van der Waals surface area contributed by atoms with Crippen molar-refractivity contribution in [2.45, 2.75) is 119 Å². The minimum atomic E-state index is -0.140. The molecule has 0 aliphatic heterocycles. The molecule has 8 atom stereocenters. The predicted molar refractivity (Wildman–Crippen MR) is 188 cm³/mol. The first-order valence-corrected chi connectivity index (χ1v) is 18.1. The molecule has 4 saturated carbocycles. The Bertz CT molecular complexity index is 1530. The van der Waals surface area contributed by atoms with E-state index in [0.717, 1.165) is 62.6 Å². The Kier molecular flexibility index (Phi) is 8.38. The second kappa shape index (κ2) is 11.7. The number of rotatable bonds is 6. The lowest BCUT2D eigenvalue weighted by molar-refractivity contribution is -0.116. The normalized spacial score (nSPS) is 39.7. The molecule has 1 aromatic carbocycles. The number of carbonyl (C=O) groups is 2. The molecule has 46 heavy (non-hydrogen) atoms. The number of aromatic hydroxyl groups is 1. The van der Waals surface area contributed by atoms with Gasteiger partial charge in [-0.1, -0.05) is 65.8 Å². The third-order valence-electron chi connectivity index (χ3n) is 14.8. The summed E-state index contributed by atoms with van der Waals surface area (Å²) in [7, 11) is 0. The van der Waals surface area contributed by atoms with Crippen LogP contribution in [0.4, 0.5) is 5.69 Å². The Morgan fingerprint density at radius 1 is 0.804 bits per heavy atom. The number of anilines is 1. The zero-order valence-electron chi connectivity index (χ0n) is 29.4. The van der Waals surface area contributed by atoms with Gasteiger partial charge in [-0.15, -0.1) is 0 Å². The van der Waals surface area contributed by atoms with E-state index in [4.69, 9.17) is 0 Å². The lowest BCUT2D eigenvalue weighted by Crippen LogP contribution is -2.51. The zero-order chi connectivity index (χ0) is 33.2. The molecule has 0 saturated heterocycles. The maximum Gasteiger partial charge on any atom is 0.205 e. The number of carbonyl (C=O) groups excluding carboxylic acids is 2. The highest BCUT2D eigenvalue weighted by Crippen LogP contribution is 2.64. The molecule has 4 nitrogen and oxygen atoms in total. The molecule has 4 heteroatoms. The molecule has 0 spiro atoms. The number of hydrogen-bond acceptors (Lipinski definition) is 4. The second-order valence-corrected chi connectivity index (χ2v) is 17.1. The van der Waals surface area contributed by atoms with Crippen molar-refractivity contribution in [3.63, 3.8) is 0 Å².